The van der Waals surface area contributed by atoms with E-state index < -0.39 is 0 Å². The lowest BCUT2D eigenvalue weighted by Crippen LogP contribution is -3.11. The van der Waals surface area contributed by atoms with Gasteiger partial charge in [0.25, 0.3) is 11.8 Å². The lowest BCUT2D eigenvalue weighted by atomic mass is 10.1. The van der Waals surface area contributed by atoms with Crippen LogP contribution in [0.25, 0.3) is 0 Å². The zero-order chi connectivity index (χ0) is 21.9. The smallest absolute Gasteiger partial charge is 0.279 e. The fourth-order valence-electron chi connectivity index (χ4n) is 3.14. The minimum Gasteiger partial charge on any atom is -0.342 e. The molecule has 30 heavy (non-hydrogen) atoms. The first-order valence-corrected chi connectivity index (χ1v) is 10.3. The molecular weight excluding hydrogens is 380 g/mol. The third-order valence-electron chi connectivity index (χ3n) is 4.72. The highest BCUT2D eigenvalue weighted by Crippen LogP contribution is 2.15. The van der Waals surface area contributed by atoms with Gasteiger partial charge in [-0.05, 0) is 36.1 Å². The second-order valence-electron chi connectivity index (χ2n) is 7.21. The largest absolute Gasteiger partial charge is 0.342 e. The maximum atomic E-state index is 12.3. The Morgan fingerprint density at radius 1 is 0.733 bits per heavy atom. The van der Waals surface area contributed by atoms with Crippen molar-refractivity contribution >= 4 is 29.1 Å². The molecule has 1 atom stereocenters. The average Bonchev–Trinajstić information content (AvgIpc) is 2.72. The number of quaternary nitrogens is 1. The normalized spacial score (nSPS) is 11.4. The summed E-state index contributed by atoms with van der Waals surface area (Å²) in [6.07, 6.45) is 1.63. The number of rotatable bonds is 10. The van der Waals surface area contributed by atoms with Crippen molar-refractivity contribution in [2.75, 3.05) is 37.3 Å². The first-order valence-electron chi connectivity index (χ1n) is 10.3. The van der Waals surface area contributed by atoms with Crippen LogP contribution in [0.3, 0.4) is 0 Å². The molecule has 0 aliphatic rings. The minimum atomic E-state index is -0.284. The molecule has 0 fully saturated rings. The third kappa shape index (κ3) is 7.33. The van der Waals surface area contributed by atoms with Crippen molar-refractivity contribution in [3.05, 3.63) is 59.7 Å². The Balaban J connectivity index is 1.74. The van der Waals surface area contributed by atoms with Gasteiger partial charge in [-0.15, -0.1) is 0 Å². The lowest BCUT2D eigenvalue weighted by molar-refractivity contribution is -0.862. The minimum absolute atomic E-state index is 0.0989. The molecule has 4 N–H and O–H groups in total. The van der Waals surface area contributed by atoms with E-state index in [1.165, 1.54) is 0 Å². The van der Waals surface area contributed by atoms with E-state index >= 15 is 0 Å². The molecule has 7 heteroatoms. The van der Waals surface area contributed by atoms with E-state index in [0.717, 1.165) is 40.2 Å². The zero-order valence-corrected chi connectivity index (χ0v) is 17.9. The fourth-order valence-corrected chi connectivity index (χ4v) is 3.14. The van der Waals surface area contributed by atoms with Gasteiger partial charge in [0, 0.05) is 11.4 Å². The number of anilines is 2. The summed E-state index contributed by atoms with van der Waals surface area (Å²) in [5.74, 6) is -0.723. The van der Waals surface area contributed by atoms with Crippen molar-refractivity contribution in [2.45, 2.75) is 26.7 Å². The van der Waals surface area contributed by atoms with Crippen LogP contribution < -0.4 is 20.9 Å². The van der Waals surface area contributed by atoms with Gasteiger partial charge in [0.2, 0.25) is 5.91 Å². The predicted molar refractivity (Wildman–Crippen MR) is 119 cm³/mol. The van der Waals surface area contributed by atoms with Gasteiger partial charge in [-0.1, -0.05) is 50.2 Å². The van der Waals surface area contributed by atoms with Gasteiger partial charge in [0.05, 0.1) is 13.6 Å². The van der Waals surface area contributed by atoms with E-state index in [0.29, 0.717) is 0 Å². The van der Waals surface area contributed by atoms with Gasteiger partial charge < -0.3 is 20.9 Å². The van der Waals surface area contributed by atoms with Crippen molar-refractivity contribution < 1.29 is 19.3 Å². The summed E-state index contributed by atoms with van der Waals surface area (Å²) in [5, 5.41) is 8.32. The Morgan fingerprint density at radius 3 is 1.73 bits per heavy atom. The van der Waals surface area contributed by atoms with Crippen LogP contribution >= 0.6 is 0 Å². The Morgan fingerprint density at radius 2 is 1.20 bits per heavy atom. The van der Waals surface area contributed by atoms with E-state index in [4.69, 9.17) is 0 Å². The van der Waals surface area contributed by atoms with E-state index in [9.17, 15) is 14.4 Å². The van der Waals surface area contributed by atoms with Gasteiger partial charge in [-0.3, -0.25) is 14.4 Å². The van der Waals surface area contributed by atoms with Crippen LogP contribution in [0, 0.1) is 0 Å². The number of benzene rings is 2. The number of amides is 3. The highest BCUT2D eigenvalue weighted by atomic mass is 16.2. The molecule has 0 heterocycles. The van der Waals surface area contributed by atoms with Crippen LogP contribution in [0.5, 0.6) is 0 Å². The van der Waals surface area contributed by atoms with Crippen molar-refractivity contribution in [2.24, 2.45) is 0 Å². The molecule has 0 bridgehead atoms. The van der Waals surface area contributed by atoms with Crippen LogP contribution in [0.4, 0.5) is 11.4 Å². The summed E-state index contributed by atoms with van der Waals surface area (Å²) < 4.78 is 0. The molecule has 2 aromatic rings. The number of carbonyl (C=O) groups excluding carboxylic acids is 3. The van der Waals surface area contributed by atoms with Crippen molar-refractivity contribution in [3.63, 3.8) is 0 Å². The molecule has 0 aliphatic heterocycles. The highest BCUT2D eigenvalue weighted by Gasteiger charge is 2.16. The number of carbonyl (C=O) groups is 3. The average molecular weight is 412 g/mol. The molecule has 0 radical (unpaired) electrons. The lowest BCUT2D eigenvalue weighted by Gasteiger charge is -2.15. The van der Waals surface area contributed by atoms with E-state index in [1.807, 2.05) is 62.4 Å². The molecule has 2 aromatic carbocycles. The number of aryl methyl sites for hydroxylation is 2. The standard InChI is InChI=1S/C23H30N4O3/c1-4-17-10-6-8-12-19(17)25-21(28)14-24-22(29)15-27(3)16-23(30)26-20-13-9-7-11-18(20)5-2/h6-13H,4-5,14-16H2,1-3H3,(H,24,29)(H,25,28)(H,26,30)/p+1. The molecule has 0 aromatic heterocycles. The summed E-state index contributed by atoms with van der Waals surface area (Å²) in [5.41, 5.74) is 3.66. The van der Waals surface area contributed by atoms with Crippen molar-refractivity contribution in [1.82, 2.24) is 5.32 Å². The second-order valence-corrected chi connectivity index (χ2v) is 7.21. The van der Waals surface area contributed by atoms with Crippen molar-refractivity contribution in [1.29, 1.82) is 0 Å². The van der Waals surface area contributed by atoms with Gasteiger partial charge in [0.1, 0.15) is 0 Å². The summed E-state index contributed by atoms with van der Waals surface area (Å²) >= 11 is 0. The predicted octanol–water partition coefficient (Wildman–Crippen LogP) is 1.02. The molecule has 3 amide bonds. The third-order valence-corrected chi connectivity index (χ3v) is 4.72. The van der Waals surface area contributed by atoms with E-state index in [1.54, 1.807) is 7.05 Å². The second kappa shape index (κ2) is 11.7. The van der Waals surface area contributed by atoms with Gasteiger partial charge >= 0.3 is 0 Å². The Hall–Kier alpha value is -3.19. The molecule has 0 aliphatic carbocycles. The van der Waals surface area contributed by atoms with Crippen molar-refractivity contribution in [3.8, 4) is 0 Å². The maximum absolute atomic E-state index is 12.3. The molecule has 0 spiro atoms. The van der Waals surface area contributed by atoms with Crippen LogP contribution in [0.2, 0.25) is 0 Å². The maximum Gasteiger partial charge on any atom is 0.279 e. The topological polar surface area (TPSA) is 91.7 Å². The SMILES string of the molecule is CCc1ccccc1NC(=O)CNC(=O)C[NH+](C)CC(=O)Nc1ccccc1CC. The van der Waals surface area contributed by atoms with Gasteiger partial charge in [0.15, 0.2) is 13.1 Å². The van der Waals surface area contributed by atoms with E-state index in [-0.39, 0.29) is 37.4 Å². The molecule has 0 saturated heterocycles. The Bertz CT molecular complexity index is 882. The molecule has 7 nitrogen and oxygen atoms in total. The van der Waals surface area contributed by atoms with Gasteiger partial charge in [-0.2, -0.15) is 0 Å². The molecule has 1 unspecified atom stereocenters. The molecule has 160 valence electrons. The molecule has 2 rings (SSSR count). The quantitative estimate of drug-likeness (QED) is 0.470. The number of hydrogen-bond donors (Lipinski definition) is 4. The molecular formula is C23H31N4O3+. The van der Waals surface area contributed by atoms with E-state index in [2.05, 4.69) is 16.0 Å². The van der Waals surface area contributed by atoms with Crippen LogP contribution in [0.15, 0.2) is 48.5 Å². The number of likely N-dealkylation sites (N-methyl/N-ethyl adjacent to an activating group) is 1. The summed E-state index contributed by atoms with van der Waals surface area (Å²) in [6.45, 7) is 4.19. The fraction of sp³-hybridized carbons (Fsp3) is 0.348. The zero-order valence-electron chi connectivity index (χ0n) is 17.9. The first kappa shape index (κ1) is 23.1. The number of hydrogen-bond acceptors (Lipinski definition) is 3. The van der Waals surface area contributed by atoms with Gasteiger partial charge in [-0.25, -0.2) is 0 Å². The number of para-hydroxylation sites is 2. The highest BCUT2D eigenvalue weighted by molar-refractivity contribution is 5.95. The van der Waals surface area contributed by atoms with Crippen LogP contribution in [0.1, 0.15) is 25.0 Å². The monoisotopic (exact) mass is 411 g/mol. The van der Waals surface area contributed by atoms with Crippen LogP contribution in [-0.2, 0) is 27.2 Å². The Kier molecular flexibility index (Phi) is 9.03. The summed E-state index contributed by atoms with van der Waals surface area (Å²) in [6, 6.07) is 15.2. The summed E-state index contributed by atoms with van der Waals surface area (Å²) in [7, 11) is 1.77. The number of nitrogens with one attached hydrogen (secondary N) is 4. The van der Waals surface area contributed by atoms with Crippen LogP contribution in [-0.4, -0.2) is 44.4 Å². The Labute approximate surface area is 177 Å². The first-order chi connectivity index (χ1) is 14.4. The summed E-state index contributed by atoms with van der Waals surface area (Å²) in [4.78, 5) is 37.3. The molecule has 0 saturated carbocycles.